The van der Waals surface area contributed by atoms with Crippen molar-refractivity contribution in [2.45, 2.75) is 264 Å². The summed E-state index contributed by atoms with van der Waals surface area (Å²) < 4.78 is 68.8. The predicted molar refractivity (Wildman–Crippen MR) is 313 cm³/mol. The van der Waals surface area contributed by atoms with Crippen molar-refractivity contribution >= 4 is 25.7 Å². The van der Waals surface area contributed by atoms with E-state index in [1.165, 1.54) is 77.0 Å². The smallest absolute Gasteiger partial charge is 0.472 e. The summed E-state index contributed by atoms with van der Waals surface area (Å²) in [5, 5.41) is 0. The van der Waals surface area contributed by atoms with E-state index in [0.717, 1.165) is 101 Å². The minimum absolute atomic E-state index is 0.0191. The van der Waals surface area contributed by atoms with Gasteiger partial charge in [-0.25, -0.2) is 4.57 Å². The lowest BCUT2D eigenvalue weighted by Gasteiger charge is -2.20. The highest BCUT2D eigenvalue weighted by Crippen LogP contribution is 2.43. The lowest BCUT2D eigenvalue weighted by molar-refractivity contribution is -0.161. The maximum absolute atomic E-state index is 12.9. The molecule has 1 aromatic carbocycles. The molecule has 1 aliphatic heterocycles. The van der Waals surface area contributed by atoms with E-state index in [1.807, 2.05) is 38.1 Å². The summed E-state index contributed by atoms with van der Waals surface area (Å²) in [5.41, 5.74) is 0.897. The van der Waals surface area contributed by atoms with Gasteiger partial charge in [-0.3, -0.25) is 23.4 Å². The molecule has 0 spiro atoms. The van der Waals surface area contributed by atoms with Crippen molar-refractivity contribution in [1.29, 1.82) is 0 Å². The third kappa shape index (κ3) is 42.4. The van der Waals surface area contributed by atoms with Crippen LogP contribution in [0.15, 0.2) is 48.6 Å². The molecule has 2 rings (SSSR count). The second-order valence-electron chi connectivity index (χ2n) is 20.9. The highest BCUT2D eigenvalue weighted by molar-refractivity contribution is 7.47. The van der Waals surface area contributed by atoms with Gasteiger partial charge in [-0.1, -0.05) is 153 Å². The minimum atomic E-state index is -4.61. The first kappa shape index (κ1) is 72.0. The van der Waals surface area contributed by atoms with Crippen LogP contribution in [0.25, 0.3) is 0 Å². The molecule has 1 saturated heterocycles. The van der Waals surface area contributed by atoms with E-state index in [-0.39, 0.29) is 57.7 Å². The van der Waals surface area contributed by atoms with Gasteiger partial charge in [0.25, 0.3) is 0 Å². The van der Waals surface area contributed by atoms with Gasteiger partial charge in [0.05, 0.1) is 39.1 Å². The molecule has 15 nitrogen and oxygen atoms in total. The second-order valence-corrected chi connectivity index (χ2v) is 22.4. The number of phosphoric ester groups is 1. The lowest BCUT2D eigenvalue weighted by atomic mass is 10.1. The molecule has 0 aliphatic carbocycles. The van der Waals surface area contributed by atoms with E-state index >= 15 is 0 Å². The summed E-state index contributed by atoms with van der Waals surface area (Å²) in [6.45, 7) is 10.1. The van der Waals surface area contributed by atoms with Gasteiger partial charge >= 0.3 is 25.7 Å². The summed E-state index contributed by atoms with van der Waals surface area (Å²) >= 11 is 0. The van der Waals surface area contributed by atoms with E-state index in [2.05, 4.69) is 38.2 Å². The number of unbranched alkanes of at least 4 members (excludes halogenated alkanes) is 23. The molecule has 1 aromatic rings. The van der Waals surface area contributed by atoms with E-state index in [1.54, 1.807) is 0 Å². The Morgan fingerprint density at radius 1 is 0.557 bits per heavy atom. The Hall–Kier alpha value is -3.14. The first-order valence-electron chi connectivity index (χ1n) is 31.2. The standard InChI is InChI=1S/C63H109O15P/c1-5-9-11-13-15-17-19-21-23-25-27-29-31-33-35-41-61(65)73-53-59(77-62(66)42-36-34-32-30-28-26-24-22-20-18-16-14-12-10-6-2)54-76-79(67,68)75-49-39-43-60(64)71-48-38-37-40-57-51-74-63(78-57)55-44-46-56(47-45-55)72-52-58(70-8-4)50-69-7-3/h21-24,44-47,57-59,63H,5-20,25-43,48-54H2,1-4H3,(H,67,68)/b23-21+,24-22-. The largest absolute Gasteiger partial charge is 0.491 e. The molecule has 5 unspecified atom stereocenters. The van der Waals surface area contributed by atoms with Gasteiger partial charge in [0.1, 0.15) is 25.1 Å². The summed E-state index contributed by atoms with van der Waals surface area (Å²) in [7, 11) is -4.61. The summed E-state index contributed by atoms with van der Waals surface area (Å²) in [5.74, 6) is -0.649. The first-order chi connectivity index (χ1) is 38.6. The van der Waals surface area contributed by atoms with Gasteiger partial charge in [0.15, 0.2) is 12.4 Å². The minimum Gasteiger partial charge on any atom is -0.491 e. The average Bonchev–Trinajstić information content (AvgIpc) is 3.93. The van der Waals surface area contributed by atoms with Gasteiger partial charge < -0.3 is 42.8 Å². The van der Waals surface area contributed by atoms with Crippen molar-refractivity contribution in [3.05, 3.63) is 54.1 Å². The van der Waals surface area contributed by atoms with Crippen LogP contribution in [0.4, 0.5) is 0 Å². The number of hydrogen-bond acceptors (Lipinski definition) is 14. The van der Waals surface area contributed by atoms with Crippen molar-refractivity contribution in [3.8, 4) is 5.75 Å². The molecule has 1 fully saturated rings. The number of esters is 3. The van der Waals surface area contributed by atoms with Crippen molar-refractivity contribution in [2.24, 2.45) is 0 Å². The maximum atomic E-state index is 12.9. The van der Waals surface area contributed by atoms with Gasteiger partial charge in [-0.2, -0.15) is 0 Å². The van der Waals surface area contributed by atoms with Crippen LogP contribution in [0, 0.1) is 0 Å². The Morgan fingerprint density at radius 2 is 1.09 bits per heavy atom. The Bertz CT molecular complexity index is 1720. The fourth-order valence-corrected chi connectivity index (χ4v) is 9.75. The molecule has 456 valence electrons. The number of hydrogen-bond donors (Lipinski definition) is 1. The molecule has 1 aliphatic rings. The van der Waals surface area contributed by atoms with Gasteiger partial charge in [0, 0.05) is 38.0 Å². The zero-order valence-electron chi connectivity index (χ0n) is 49.7. The van der Waals surface area contributed by atoms with Crippen molar-refractivity contribution in [3.63, 3.8) is 0 Å². The monoisotopic (exact) mass is 1140 g/mol. The number of benzene rings is 1. The lowest BCUT2D eigenvalue weighted by Crippen LogP contribution is -2.29. The molecule has 0 amide bonds. The molecular weight excluding hydrogens is 1030 g/mol. The molecule has 5 atom stereocenters. The van der Waals surface area contributed by atoms with E-state index < -0.39 is 44.7 Å². The summed E-state index contributed by atoms with van der Waals surface area (Å²) in [6, 6.07) is 7.62. The quantitative estimate of drug-likeness (QED) is 0.0214. The zero-order valence-corrected chi connectivity index (χ0v) is 50.6. The van der Waals surface area contributed by atoms with Crippen LogP contribution >= 0.6 is 7.82 Å². The molecule has 79 heavy (non-hydrogen) atoms. The SMILES string of the molecule is CCCCCCCC/C=C\CCCCCCCC(=O)OC(COC(=O)CCCCCCC/C=C/CCCCCCCC)COP(=O)(O)OCCCC(=O)OCCCCC1COC(c2ccc(OCC(COCC)OCC)cc2)O1. The van der Waals surface area contributed by atoms with Crippen molar-refractivity contribution in [1.82, 2.24) is 0 Å². The second kappa shape index (κ2) is 50.6. The fraction of sp³-hybridized carbons (Fsp3) is 0.794. The fourth-order valence-electron chi connectivity index (χ4n) is 8.96. The van der Waals surface area contributed by atoms with E-state index in [0.29, 0.717) is 52.3 Å². The first-order valence-corrected chi connectivity index (χ1v) is 32.7. The number of rotatable bonds is 55. The maximum Gasteiger partial charge on any atom is 0.472 e. The molecule has 0 saturated carbocycles. The van der Waals surface area contributed by atoms with Crippen LogP contribution in [-0.4, -0.2) is 101 Å². The van der Waals surface area contributed by atoms with Crippen LogP contribution in [0.2, 0.25) is 0 Å². The topological polar surface area (TPSA) is 181 Å². The molecule has 1 heterocycles. The summed E-state index contributed by atoms with van der Waals surface area (Å²) in [6.07, 6.45) is 39.9. The van der Waals surface area contributed by atoms with Crippen molar-refractivity contribution < 1.29 is 70.8 Å². The zero-order chi connectivity index (χ0) is 57.1. The molecule has 1 N–H and O–H groups in total. The Labute approximate surface area is 478 Å². The highest BCUT2D eigenvalue weighted by atomic mass is 31.2. The van der Waals surface area contributed by atoms with E-state index in [9.17, 15) is 23.8 Å². The van der Waals surface area contributed by atoms with Crippen LogP contribution in [-0.2, 0) is 61.2 Å². The van der Waals surface area contributed by atoms with E-state index in [4.69, 9.17) is 46.9 Å². The van der Waals surface area contributed by atoms with Crippen LogP contribution in [0.3, 0.4) is 0 Å². The van der Waals surface area contributed by atoms with Gasteiger partial charge in [-0.15, -0.1) is 0 Å². The van der Waals surface area contributed by atoms with Crippen molar-refractivity contribution in [2.75, 3.05) is 59.5 Å². The number of carbonyl (C=O) groups excluding carboxylic acids is 3. The molecular formula is C63H109O15P. The van der Waals surface area contributed by atoms with Gasteiger partial charge in [-0.05, 0) is 116 Å². The number of phosphoric acid groups is 1. The number of allylic oxidation sites excluding steroid dienone is 4. The Morgan fingerprint density at radius 3 is 1.66 bits per heavy atom. The van der Waals surface area contributed by atoms with Crippen LogP contribution in [0.5, 0.6) is 5.75 Å². The van der Waals surface area contributed by atoms with Gasteiger partial charge in [0.2, 0.25) is 0 Å². The molecule has 16 heteroatoms. The third-order valence-electron chi connectivity index (χ3n) is 13.6. The van der Waals surface area contributed by atoms with Crippen LogP contribution < -0.4 is 4.74 Å². The Balaban J connectivity index is 1.67. The average molecular weight is 1140 g/mol. The Kier molecular flexibility index (Phi) is 46.1. The number of carbonyl (C=O) groups is 3. The number of ether oxygens (including phenoxy) is 8. The highest BCUT2D eigenvalue weighted by Gasteiger charge is 2.28. The third-order valence-corrected chi connectivity index (χ3v) is 14.6. The molecule has 0 radical (unpaired) electrons. The normalized spacial score (nSPS) is 16.1. The molecule has 0 bridgehead atoms. The molecule has 0 aromatic heterocycles. The predicted octanol–water partition coefficient (Wildman–Crippen LogP) is 16.1. The van der Waals surface area contributed by atoms with Crippen LogP contribution in [0.1, 0.15) is 251 Å². The summed E-state index contributed by atoms with van der Waals surface area (Å²) in [4.78, 5) is 48.5.